The lowest BCUT2D eigenvalue weighted by atomic mass is 10.0. The number of hydrogen-bond acceptors (Lipinski definition) is 3. The van der Waals surface area contributed by atoms with Gasteiger partial charge in [-0.05, 0) is 39.5 Å². The molecule has 0 aromatic heterocycles. The smallest absolute Gasteiger partial charge is 0.407 e. The highest BCUT2D eigenvalue weighted by Crippen LogP contribution is 2.11. The molecule has 0 bridgehead atoms. The van der Waals surface area contributed by atoms with Crippen molar-refractivity contribution >= 4 is 36.0 Å². The molecule has 24 heavy (non-hydrogen) atoms. The summed E-state index contributed by atoms with van der Waals surface area (Å²) in [6.45, 7) is 13.7. The highest BCUT2D eigenvalue weighted by atomic mass is 127. The van der Waals surface area contributed by atoms with Crippen molar-refractivity contribution in [3.05, 3.63) is 0 Å². The molecule has 0 radical (unpaired) electrons. The van der Waals surface area contributed by atoms with Gasteiger partial charge in [0.2, 0.25) is 0 Å². The Morgan fingerprint density at radius 3 is 2.29 bits per heavy atom. The molecule has 7 heteroatoms. The number of guanidine groups is 1. The first kappa shape index (κ1) is 25.5. The van der Waals surface area contributed by atoms with Gasteiger partial charge in [0.15, 0.2) is 5.96 Å². The van der Waals surface area contributed by atoms with E-state index in [1.807, 2.05) is 27.8 Å². The van der Waals surface area contributed by atoms with Gasteiger partial charge < -0.3 is 20.3 Å². The molecule has 0 aromatic carbocycles. The molecule has 1 atom stereocenters. The second-order valence-electron chi connectivity index (χ2n) is 7.18. The summed E-state index contributed by atoms with van der Waals surface area (Å²) in [5, 5.41) is 6.29. The second-order valence-corrected chi connectivity index (χ2v) is 7.18. The predicted molar refractivity (Wildman–Crippen MR) is 112 cm³/mol. The Labute approximate surface area is 165 Å². The monoisotopic (exact) mass is 456 g/mol. The lowest BCUT2D eigenvalue weighted by molar-refractivity contribution is 0.0486. The van der Waals surface area contributed by atoms with E-state index in [2.05, 4.69) is 41.3 Å². The molecule has 0 aromatic rings. The average molecular weight is 456 g/mol. The number of amides is 1. The van der Waals surface area contributed by atoms with Crippen molar-refractivity contribution < 1.29 is 9.53 Å². The van der Waals surface area contributed by atoms with Crippen molar-refractivity contribution in [3.63, 3.8) is 0 Å². The summed E-state index contributed by atoms with van der Waals surface area (Å²) in [4.78, 5) is 18.3. The predicted octanol–water partition coefficient (Wildman–Crippen LogP) is 3.46. The molecule has 6 nitrogen and oxygen atoms in total. The van der Waals surface area contributed by atoms with Crippen LogP contribution in [0.2, 0.25) is 0 Å². The van der Waals surface area contributed by atoms with Crippen LogP contribution in [0.5, 0.6) is 0 Å². The molecule has 0 saturated heterocycles. The van der Waals surface area contributed by atoms with Crippen LogP contribution in [-0.4, -0.2) is 55.8 Å². The Kier molecular flexibility index (Phi) is 13.4. The zero-order valence-electron chi connectivity index (χ0n) is 16.6. The Bertz CT molecular complexity index is 381. The van der Waals surface area contributed by atoms with E-state index in [0.717, 1.165) is 31.9 Å². The minimum absolute atomic E-state index is 0. The number of alkyl carbamates (subject to hydrolysis) is 1. The molecule has 0 heterocycles. The van der Waals surface area contributed by atoms with Crippen LogP contribution in [0.1, 0.15) is 54.4 Å². The second kappa shape index (κ2) is 12.6. The first-order chi connectivity index (χ1) is 10.6. The number of halogens is 1. The summed E-state index contributed by atoms with van der Waals surface area (Å²) in [6, 6.07) is 0.0663. The molecular weight excluding hydrogens is 419 g/mol. The fraction of sp³-hybridized carbons (Fsp3) is 0.882. The van der Waals surface area contributed by atoms with E-state index in [-0.39, 0.29) is 36.1 Å². The van der Waals surface area contributed by atoms with Crippen LogP contribution in [0, 0.1) is 5.92 Å². The summed E-state index contributed by atoms with van der Waals surface area (Å²) >= 11 is 0. The van der Waals surface area contributed by atoms with Gasteiger partial charge in [-0.25, -0.2) is 4.79 Å². The minimum Gasteiger partial charge on any atom is -0.444 e. The number of hydrogen-bond donors (Lipinski definition) is 2. The highest BCUT2D eigenvalue weighted by molar-refractivity contribution is 14.0. The molecule has 144 valence electrons. The lowest BCUT2D eigenvalue weighted by Crippen LogP contribution is -2.45. The molecule has 0 aliphatic carbocycles. The largest absolute Gasteiger partial charge is 0.444 e. The third-order valence-corrected chi connectivity index (χ3v) is 3.39. The van der Waals surface area contributed by atoms with Gasteiger partial charge in [0.1, 0.15) is 5.60 Å². The van der Waals surface area contributed by atoms with Crippen molar-refractivity contribution in [2.75, 3.05) is 27.2 Å². The first-order valence-corrected chi connectivity index (χ1v) is 8.52. The zero-order valence-corrected chi connectivity index (χ0v) is 18.9. The van der Waals surface area contributed by atoms with Crippen LogP contribution in [0.4, 0.5) is 4.79 Å². The van der Waals surface area contributed by atoms with Crippen LogP contribution in [0.25, 0.3) is 0 Å². The summed E-state index contributed by atoms with van der Waals surface area (Å²) in [5.41, 5.74) is -0.478. The summed E-state index contributed by atoms with van der Waals surface area (Å²) in [7, 11) is 3.79. The Balaban J connectivity index is 0. The third kappa shape index (κ3) is 11.8. The van der Waals surface area contributed by atoms with Gasteiger partial charge in [0, 0.05) is 33.2 Å². The van der Waals surface area contributed by atoms with Crippen molar-refractivity contribution in [2.45, 2.75) is 66.0 Å². The number of rotatable bonds is 7. The maximum Gasteiger partial charge on any atom is 0.407 e. The standard InChI is InChI=1S/C17H36N4O2.HI/c1-9-11-19-15(18-7)21(8)12-10-14(13(2)3)20-16(22)23-17(4,5)6;/h13-14H,9-12H2,1-8H3,(H,18,19)(H,20,22);1H. The van der Waals surface area contributed by atoms with Gasteiger partial charge in [0.25, 0.3) is 0 Å². The number of carbonyl (C=O) groups is 1. The van der Waals surface area contributed by atoms with E-state index in [1.165, 1.54) is 0 Å². The minimum atomic E-state index is -0.478. The molecule has 0 aliphatic heterocycles. The SMILES string of the molecule is CCCNC(=NC)N(C)CCC(NC(=O)OC(C)(C)C)C(C)C.I. The van der Waals surface area contributed by atoms with Gasteiger partial charge in [-0.3, -0.25) is 4.99 Å². The normalized spacial score (nSPS) is 13.1. The van der Waals surface area contributed by atoms with Crippen LogP contribution < -0.4 is 10.6 Å². The van der Waals surface area contributed by atoms with Crippen molar-refractivity contribution in [1.29, 1.82) is 0 Å². The fourth-order valence-electron chi connectivity index (χ4n) is 2.09. The first-order valence-electron chi connectivity index (χ1n) is 8.52. The third-order valence-electron chi connectivity index (χ3n) is 3.39. The van der Waals surface area contributed by atoms with E-state index < -0.39 is 5.60 Å². The Morgan fingerprint density at radius 2 is 1.88 bits per heavy atom. The molecule has 0 rings (SSSR count). The summed E-state index contributed by atoms with van der Waals surface area (Å²) in [6.07, 6.45) is 1.54. The highest BCUT2D eigenvalue weighted by Gasteiger charge is 2.22. The van der Waals surface area contributed by atoms with Gasteiger partial charge in [-0.2, -0.15) is 0 Å². The average Bonchev–Trinajstić information content (AvgIpc) is 2.41. The number of carbonyl (C=O) groups excluding carboxylic acids is 1. The fourth-order valence-corrected chi connectivity index (χ4v) is 2.09. The maximum absolute atomic E-state index is 12.0. The van der Waals surface area contributed by atoms with Gasteiger partial charge in [0.05, 0.1) is 0 Å². The number of aliphatic imine (C=N–C) groups is 1. The Morgan fingerprint density at radius 1 is 1.29 bits per heavy atom. The molecule has 0 saturated carbocycles. The topological polar surface area (TPSA) is 66.0 Å². The number of nitrogens with zero attached hydrogens (tertiary/aromatic N) is 2. The number of nitrogens with one attached hydrogen (secondary N) is 2. The van der Waals surface area contributed by atoms with E-state index in [1.54, 1.807) is 7.05 Å². The number of ether oxygens (including phenoxy) is 1. The molecule has 1 amide bonds. The molecular formula is C17H37IN4O2. The van der Waals surface area contributed by atoms with Crippen LogP contribution >= 0.6 is 24.0 Å². The molecule has 0 aliphatic rings. The lowest BCUT2D eigenvalue weighted by Gasteiger charge is -2.28. The quantitative estimate of drug-likeness (QED) is 0.350. The molecule has 0 spiro atoms. The van der Waals surface area contributed by atoms with Crippen LogP contribution in [-0.2, 0) is 4.74 Å². The van der Waals surface area contributed by atoms with Crippen molar-refractivity contribution in [1.82, 2.24) is 15.5 Å². The van der Waals surface area contributed by atoms with Gasteiger partial charge in [-0.1, -0.05) is 20.8 Å². The Hall–Kier alpha value is -0.730. The van der Waals surface area contributed by atoms with Crippen LogP contribution in [0.3, 0.4) is 0 Å². The summed E-state index contributed by atoms with van der Waals surface area (Å²) in [5.74, 6) is 1.22. The molecule has 2 N–H and O–H groups in total. The zero-order chi connectivity index (χ0) is 18.0. The molecule has 0 fully saturated rings. The molecule has 1 unspecified atom stereocenters. The van der Waals surface area contributed by atoms with Crippen molar-refractivity contribution in [2.24, 2.45) is 10.9 Å². The van der Waals surface area contributed by atoms with Gasteiger partial charge >= 0.3 is 6.09 Å². The van der Waals surface area contributed by atoms with Crippen LogP contribution in [0.15, 0.2) is 4.99 Å². The van der Waals surface area contributed by atoms with E-state index in [0.29, 0.717) is 5.92 Å². The maximum atomic E-state index is 12.0. The van der Waals surface area contributed by atoms with E-state index in [4.69, 9.17) is 4.74 Å². The van der Waals surface area contributed by atoms with E-state index >= 15 is 0 Å². The van der Waals surface area contributed by atoms with Gasteiger partial charge in [-0.15, -0.1) is 24.0 Å². The summed E-state index contributed by atoms with van der Waals surface area (Å²) < 4.78 is 5.35. The van der Waals surface area contributed by atoms with Crippen molar-refractivity contribution in [3.8, 4) is 0 Å². The van der Waals surface area contributed by atoms with E-state index in [9.17, 15) is 4.79 Å².